The summed E-state index contributed by atoms with van der Waals surface area (Å²) < 4.78 is 5.54. The Labute approximate surface area is 155 Å². The first-order chi connectivity index (χ1) is 12.3. The van der Waals surface area contributed by atoms with Crippen LogP contribution in [0.25, 0.3) is 0 Å². The van der Waals surface area contributed by atoms with Crippen molar-refractivity contribution in [2.24, 2.45) is 0 Å². The van der Waals surface area contributed by atoms with E-state index < -0.39 is 0 Å². The van der Waals surface area contributed by atoms with Crippen LogP contribution in [0, 0.1) is 0 Å². The van der Waals surface area contributed by atoms with Crippen LogP contribution in [0.15, 0.2) is 64.3 Å². The lowest BCUT2D eigenvalue weighted by Gasteiger charge is -2.11. The summed E-state index contributed by atoms with van der Waals surface area (Å²) >= 11 is 3.30. The third kappa shape index (κ3) is 4.84. The normalized spacial score (nSPS) is 10.4. The Hall–Kier alpha value is -2.31. The molecule has 0 radical (unpaired) electrons. The van der Waals surface area contributed by atoms with E-state index in [1.165, 1.54) is 0 Å². The van der Waals surface area contributed by atoms with Gasteiger partial charge in [0, 0.05) is 21.6 Å². The number of hydrogen-bond donors (Lipinski definition) is 1. The van der Waals surface area contributed by atoms with Gasteiger partial charge in [0.1, 0.15) is 5.75 Å². The number of para-hydroxylation sites is 2. The molecular formula is C19H18N2O2S2. The molecule has 0 aliphatic carbocycles. The van der Waals surface area contributed by atoms with Gasteiger partial charge < -0.3 is 10.1 Å². The molecular weight excluding hydrogens is 352 g/mol. The van der Waals surface area contributed by atoms with Crippen molar-refractivity contribution in [2.45, 2.75) is 17.6 Å². The number of thiazole rings is 1. The average molecular weight is 370 g/mol. The molecule has 6 heteroatoms. The van der Waals surface area contributed by atoms with E-state index in [9.17, 15) is 4.79 Å². The van der Waals surface area contributed by atoms with Gasteiger partial charge in [-0.3, -0.25) is 4.79 Å². The first-order valence-corrected chi connectivity index (χ1v) is 9.82. The molecule has 0 saturated heterocycles. The van der Waals surface area contributed by atoms with E-state index in [-0.39, 0.29) is 5.91 Å². The summed E-state index contributed by atoms with van der Waals surface area (Å²) in [4.78, 5) is 17.8. The molecule has 3 rings (SSSR count). The Bertz CT molecular complexity index is 818. The minimum absolute atomic E-state index is 0.150. The SMILES string of the molecule is CCOc1ccccc1NC(=O)c1ccc(SCc2cscn2)cc1. The fraction of sp³-hybridized carbons (Fsp3) is 0.158. The van der Waals surface area contributed by atoms with Crippen molar-refractivity contribution < 1.29 is 9.53 Å². The van der Waals surface area contributed by atoms with Crippen molar-refractivity contribution in [1.82, 2.24) is 4.98 Å². The third-order valence-electron chi connectivity index (χ3n) is 3.42. The van der Waals surface area contributed by atoms with Gasteiger partial charge in [-0.05, 0) is 43.3 Å². The van der Waals surface area contributed by atoms with Crippen molar-refractivity contribution in [2.75, 3.05) is 11.9 Å². The molecule has 3 aromatic rings. The predicted octanol–water partition coefficient (Wildman–Crippen LogP) is 5.09. The molecule has 0 atom stereocenters. The van der Waals surface area contributed by atoms with Gasteiger partial charge in [0.2, 0.25) is 0 Å². The first-order valence-electron chi connectivity index (χ1n) is 7.89. The van der Waals surface area contributed by atoms with Crippen LogP contribution in [0.3, 0.4) is 0 Å². The van der Waals surface area contributed by atoms with Gasteiger partial charge in [0.15, 0.2) is 0 Å². The zero-order chi connectivity index (χ0) is 17.5. The number of amides is 1. The quantitative estimate of drug-likeness (QED) is 0.589. The largest absolute Gasteiger partial charge is 0.492 e. The van der Waals surface area contributed by atoms with E-state index >= 15 is 0 Å². The van der Waals surface area contributed by atoms with Gasteiger partial charge in [0.05, 0.1) is 23.5 Å². The number of rotatable bonds is 7. The molecule has 0 aliphatic heterocycles. The highest BCUT2D eigenvalue weighted by atomic mass is 32.2. The number of benzene rings is 2. The maximum Gasteiger partial charge on any atom is 0.255 e. The lowest BCUT2D eigenvalue weighted by Crippen LogP contribution is -2.12. The van der Waals surface area contributed by atoms with E-state index in [1.54, 1.807) is 23.1 Å². The maximum absolute atomic E-state index is 12.4. The molecule has 1 amide bonds. The van der Waals surface area contributed by atoms with Crippen LogP contribution in [0.1, 0.15) is 23.0 Å². The van der Waals surface area contributed by atoms with Crippen LogP contribution >= 0.6 is 23.1 Å². The fourth-order valence-corrected chi connectivity index (χ4v) is 3.68. The molecule has 0 unspecified atom stereocenters. The minimum atomic E-state index is -0.150. The highest BCUT2D eigenvalue weighted by molar-refractivity contribution is 7.98. The lowest BCUT2D eigenvalue weighted by molar-refractivity contribution is 0.102. The average Bonchev–Trinajstić information content (AvgIpc) is 3.16. The number of aromatic nitrogens is 1. The summed E-state index contributed by atoms with van der Waals surface area (Å²) in [5.74, 6) is 1.36. The zero-order valence-corrected chi connectivity index (χ0v) is 15.4. The van der Waals surface area contributed by atoms with Crippen LogP contribution in [-0.2, 0) is 5.75 Å². The molecule has 0 aliphatic rings. The van der Waals surface area contributed by atoms with Crippen molar-refractivity contribution >= 4 is 34.7 Å². The van der Waals surface area contributed by atoms with Gasteiger partial charge in [-0.1, -0.05) is 12.1 Å². The summed E-state index contributed by atoms with van der Waals surface area (Å²) in [6.07, 6.45) is 0. The second kappa shape index (κ2) is 8.69. The third-order valence-corrected chi connectivity index (χ3v) is 5.10. The molecule has 0 saturated carbocycles. The molecule has 0 spiro atoms. The van der Waals surface area contributed by atoms with Crippen LogP contribution in [0.4, 0.5) is 5.69 Å². The molecule has 0 fully saturated rings. The lowest BCUT2D eigenvalue weighted by atomic mass is 10.2. The van der Waals surface area contributed by atoms with Gasteiger partial charge in [-0.25, -0.2) is 4.98 Å². The molecule has 25 heavy (non-hydrogen) atoms. The predicted molar refractivity (Wildman–Crippen MR) is 104 cm³/mol. The number of ether oxygens (including phenoxy) is 1. The standard InChI is InChI=1S/C19H18N2O2S2/c1-2-23-18-6-4-3-5-17(18)21-19(22)14-7-9-16(10-8-14)25-12-15-11-24-13-20-15/h3-11,13H,2,12H2,1H3,(H,21,22). The zero-order valence-electron chi connectivity index (χ0n) is 13.8. The molecule has 4 nitrogen and oxygen atoms in total. The summed E-state index contributed by atoms with van der Waals surface area (Å²) in [7, 11) is 0. The molecule has 1 heterocycles. The molecule has 1 N–H and O–H groups in total. The van der Waals surface area contributed by atoms with Crippen LogP contribution in [0.5, 0.6) is 5.75 Å². The van der Waals surface area contributed by atoms with Gasteiger partial charge in [-0.15, -0.1) is 23.1 Å². The van der Waals surface area contributed by atoms with E-state index in [4.69, 9.17) is 4.74 Å². The Morgan fingerprint density at radius 3 is 2.72 bits per heavy atom. The van der Waals surface area contributed by atoms with Crippen LogP contribution < -0.4 is 10.1 Å². The smallest absolute Gasteiger partial charge is 0.255 e. The number of nitrogens with zero attached hydrogens (tertiary/aromatic N) is 1. The Kier molecular flexibility index (Phi) is 6.09. The monoisotopic (exact) mass is 370 g/mol. The van der Waals surface area contributed by atoms with Gasteiger partial charge >= 0.3 is 0 Å². The number of anilines is 1. The fourth-order valence-electron chi connectivity index (χ4n) is 2.21. The number of thioether (sulfide) groups is 1. The van der Waals surface area contributed by atoms with Crippen molar-refractivity contribution in [3.8, 4) is 5.75 Å². The molecule has 0 bridgehead atoms. The second-order valence-electron chi connectivity index (χ2n) is 5.18. The van der Waals surface area contributed by atoms with Crippen LogP contribution in [-0.4, -0.2) is 17.5 Å². The summed E-state index contributed by atoms with van der Waals surface area (Å²) in [5.41, 5.74) is 4.20. The van der Waals surface area contributed by atoms with Crippen LogP contribution in [0.2, 0.25) is 0 Å². The van der Waals surface area contributed by atoms with E-state index in [0.29, 0.717) is 23.6 Å². The highest BCUT2D eigenvalue weighted by Crippen LogP contribution is 2.26. The Morgan fingerprint density at radius 2 is 2.00 bits per heavy atom. The van der Waals surface area contributed by atoms with E-state index in [2.05, 4.69) is 10.3 Å². The maximum atomic E-state index is 12.4. The number of carbonyl (C=O) groups is 1. The summed E-state index contributed by atoms with van der Waals surface area (Å²) in [6.45, 7) is 2.47. The number of hydrogen-bond acceptors (Lipinski definition) is 5. The minimum Gasteiger partial charge on any atom is -0.492 e. The van der Waals surface area contributed by atoms with E-state index in [0.717, 1.165) is 16.3 Å². The summed E-state index contributed by atoms with van der Waals surface area (Å²) in [5, 5.41) is 4.95. The Morgan fingerprint density at radius 1 is 1.20 bits per heavy atom. The van der Waals surface area contributed by atoms with Gasteiger partial charge in [0.25, 0.3) is 5.91 Å². The molecule has 1 aromatic heterocycles. The molecule has 2 aromatic carbocycles. The second-order valence-corrected chi connectivity index (χ2v) is 6.94. The first kappa shape index (κ1) is 17.5. The van der Waals surface area contributed by atoms with E-state index in [1.807, 2.05) is 66.3 Å². The summed E-state index contributed by atoms with van der Waals surface area (Å²) in [6, 6.07) is 15.0. The highest BCUT2D eigenvalue weighted by Gasteiger charge is 2.09. The van der Waals surface area contributed by atoms with Gasteiger partial charge in [-0.2, -0.15) is 0 Å². The number of nitrogens with one attached hydrogen (secondary N) is 1. The van der Waals surface area contributed by atoms with Crippen molar-refractivity contribution in [1.29, 1.82) is 0 Å². The van der Waals surface area contributed by atoms with Crippen molar-refractivity contribution in [3.63, 3.8) is 0 Å². The molecule has 128 valence electrons. The Balaban J connectivity index is 1.62. The number of carbonyl (C=O) groups excluding carboxylic acids is 1. The van der Waals surface area contributed by atoms with Crippen molar-refractivity contribution in [3.05, 3.63) is 70.7 Å². The topological polar surface area (TPSA) is 51.2 Å².